The number of rotatable bonds is 4. The fourth-order valence-electron chi connectivity index (χ4n) is 1.49. The number of carbonyl (C=O) groups is 1. The van der Waals surface area contributed by atoms with E-state index in [1.54, 1.807) is 4.90 Å². The second-order valence-corrected chi connectivity index (χ2v) is 3.10. The van der Waals surface area contributed by atoms with Crippen LogP contribution in [0.1, 0.15) is 19.8 Å². The minimum atomic E-state index is -0.0394. The largest absolute Gasteiger partial charge is 0.395 e. The van der Waals surface area contributed by atoms with E-state index in [2.05, 4.69) is 12.2 Å². The van der Waals surface area contributed by atoms with Crippen molar-refractivity contribution in [3.63, 3.8) is 0 Å². The van der Waals surface area contributed by atoms with Gasteiger partial charge in [-0.25, -0.2) is 4.79 Å². The van der Waals surface area contributed by atoms with E-state index >= 15 is 0 Å². The molecule has 1 atom stereocenters. The molecule has 0 saturated carbocycles. The summed E-state index contributed by atoms with van der Waals surface area (Å²) in [7, 11) is 0. The molecule has 70 valence electrons. The Hall–Kier alpha value is -0.770. The first kappa shape index (κ1) is 9.32. The Morgan fingerprint density at radius 2 is 2.50 bits per heavy atom. The van der Waals surface area contributed by atoms with Crippen LogP contribution in [0.5, 0.6) is 0 Å². The molecule has 0 spiro atoms. The lowest BCUT2D eigenvalue weighted by atomic mass is 10.2. The second-order valence-electron chi connectivity index (χ2n) is 3.10. The van der Waals surface area contributed by atoms with Crippen molar-refractivity contribution in [3.05, 3.63) is 0 Å². The van der Waals surface area contributed by atoms with Gasteiger partial charge in [-0.1, -0.05) is 13.3 Å². The minimum absolute atomic E-state index is 0.0394. The highest BCUT2D eigenvalue weighted by Gasteiger charge is 2.26. The fraction of sp³-hybridized carbons (Fsp3) is 0.875. The van der Waals surface area contributed by atoms with E-state index in [4.69, 9.17) is 5.11 Å². The van der Waals surface area contributed by atoms with Crippen LogP contribution < -0.4 is 5.32 Å². The standard InChI is InChI=1S/C8H16N2O2/c1-2-3-7-6-10(4-5-11)8(12)9-7/h7,11H,2-6H2,1H3,(H,9,12). The summed E-state index contributed by atoms with van der Waals surface area (Å²) in [5.74, 6) is 0. The first-order chi connectivity index (χ1) is 5.77. The number of aliphatic hydroxyl groups is 1. The molecular formula is C8H16N2O2. The summed E-state index contributed by atoms with van der Waals surface area (Å²) < 4.78 is 0. The van der Waals surface area contributed by atoms with Gasteiger partial charge in [0.25, 0.3) is 0 Å². The Bertz CT molecular complexity index is 161. The molecule has 4 heteroatoms. The number of β-amino-alcohol motifs (C(OH)–C–C–N with tert-alkyl or cyclic N) is 1. The number of aliphatic hydroxyl groups excluding tert-OH is 1. The molecule has 4 nitrogen and oxygen atoms in total. The van der Waals surface area contributed by atoms with Crippen LogP contribution in [0.3, 0.4) is 0 Å². The van der Waals surface area contributed by atoms with Crippen molar-refractivity contribution in [3.8, 4) is 0 Å². The molecule has 12 heavy (non-hydrogen) atoms. The summed E-state index contributed by atoms with van der Waals surface area (Å²) in [6.07, 6.45) is 2.10. The number of nitrogens with one attached hydrogen (secondary N) is 1. The van der Waals surface area contributed by atoms with E-state index in [0.29, 0.717) is 6.54 Å². The van der Waals surface area contributed by atoms with Crippen LogP contribution in [0.2, 0.25) is 0 Å². The van der Waals surface area contributed by atoms with Crippen molar-refractivity contribution in [1.82, 2.24) is 10.2 Å². The highest BCUT2D eigenvalue weighted by atomic mass is 16.3. The van der Waals surface area contributed by atoms with Gasteiger partial charge in [-0.2, -0.15) is 0 Å². The smallest absolute Gasteiger partial charge is 0.317 e. The predicted molar refractivity (Wildman–Crippen MR) is 45.9 cm³/mol. The number of hydrogen-bond acceptors (Lipinski definition) is 2. The Kier molecular flexibility index (Phi) is 3.34. The van der Waals surface area contributed by atoms with Gasteiger partial charge in [0.15, 0.2) is 0 Å². The van der Waals surface area contributed by atoms with Crippen molar-refractivity contribution in [1.29, 1.82) is 0 Å². The molecule has 1 heterocycles. The summed E-state index contributed by atoms with van der Waals surface area (Å²) in [5.41, 5.74) is 0. The maximum absolute atomic E-state index is 11.2. The monoisotopic (exact) mass is 172 g/mol. The van der Waals surface area contributed by atoms with Gasteiger partial charge in [-0.15, -0.1) is 0 Å². The molecule has 2 amide bonds. The van der Waals surface area contributed by atoms with Crippen LogP contribution in [0, 0.1) is 0 Å². The molecule has 0 radical (unpaired) electrons. The van der Waals surface area contributed by atoms with Gasteiger partial charge in [-0.05, 0) is 6.42 Å². The average Bonchev–Trinajstić information content (AvgIpc) is 2.34. The summed E-state index contributed by atoms with van der Waals surface area (Å²) >= 11 is 0. The first-order valence-corrected chi connectivity index (χ1v) is 4.44. The SMILES string of the molecule is CCCC1CN(CCO)C(=O)N1. The molecule has 1 aliphatic heterocycles. The van der Waals surface area contributed by atoms with E-state index in [9.17, 15) is 4.79 Å². The van der Waals surface area contributed by atoms with E-state index in [1.165, 1.54) is 0 Å². The Balaban J connectivity index is 2.34. The number of urea groups is 1. The normalized spacial score (nSPS) is 23.0. The molecule has 0 aliphatic carbocycles. The van der Waals surface area contributed by atoms with Crippen LogP contribution >= 0.6 is 0 Å². The maximum Gasteiger partial charge on any atom is 0.317 e. The van der Waals surface area contributed by atoms with Gasteiger partial charge in [-0.3, -0.25) is 0 Å². The number of carbonyl (C=O) groups excluding carboxylic acids is 1. The molecular weight excluding hydrogens is 156 g/mol. The highest BCUT2D eigenvalue weighted by molar-refractivity contribution is 5.76. The van der Waals surface area contributed by atoms with E-state index < -0.39 is 0 Å². The molecule has 1 saturated heterocycles. The molecule has 0 aromatic heterocycles. The Morgan fingerprint density at radius 3 is 3.08 bits per heavy atom. The van der Waals surface area contributed by atoms with Crippen LogP contribution in [0.4, 0.5) is 4.79 Å². The van der Waals surface area contributed by atoms with Crippen molar-refractivity contribution >= 4 is 6.03 Å². The van der Waals surface area contributed by atoms with Crippen molar-refractivity contribution in [2.24, 2.45) is 0 Å². The van der Waals surface area contributed by atoms with Crippen molar-refractivity contribution in [2.75, 3.05) is 19.7 Å². The summed E-state index contributed by atoms with van der Waals surface area (Å²) in [6, 6.07) is 0.247. The summed E-state index contributed by atoms with van der Waals surface area (Å²) in [4.78, 5) is 12.8. The van der Waals surface area contributed by atoms with E-state index in [-0.39, 0.29) is 18.7 Å². The second kappa shape index (κ2) is 4.30. The van der Waals surface area contributed by atoms with Crippen LogP contribution in [0.25, 0.3) is 0 Å². The van der Waals surface area contributed by atoms with Gasteiger partial charge in [0.2, 0.25) is 0 Å². The van der Waals surface area contributed by atoms with Gasteiger partial charge < -0.3 is 15.3 Å². The number of hydrogen-bond donors (Lipinski definition) is 2. The molecule has 1 fully saturated rings. The average molecular weight is 172 g/mol. The molecule has 1 aliphatic rings. The van der Waals surface area contributed by atoms with E-state index in [0.717, 1.165) is 19.4 Å². The maximum atomic E-state index is 11.2. The lowest BCUT2D eigenvalue weighted by molar-refractivity contribution is 0.196. The fourth-order valence-corrected chi connectivity index (χ4v) is 1.49. The third kappa shape index (κ3) is 2.11. The quantitative estimate of drug-likeness (QED) is 0.635. The first-order valence-electron chi connectivity index (χ1n) is 4.44. The minimum Gasteiger partial charge on any atom is -0.395 e. The third-order valence-electron chi connectivity index (χ3n) is 2.06. The predicted octanol–water partition coefficient (Wildman–Crippen LogP) is 0.173. The zero-order valence-corrected chi connectivity index (χ0v) is 7.42. The molecule has 1 rings (SSSR count). The van der Waals surface area contributed by atoms with Crippen molar-refractivity contribution < 1.29 is 9.90 Å². The lowest BCUT2D eigenvalue weighted by Gasteiger charge is -2.11. The van der Waals surface area contributed by atoms with Gasteiger partial charge >= 0.3 is 6.03 Å². The van der Waals surface area contributed by atoms with Crippen LogP contribution in [-0.2, 0) is 0 Å². The molecule has 0 aromatic carbocycles. The van der Waals surface area contributed by atoms with Crippen LogP contribution in [-0.4, -0.2) is 41.8 Å². The zero-order chi connectivity index (χ0) is 8.97. The van der Waals surface area contributed by atoms with Crippen molar-refractivity contribution in [2.45, 2.75) is 25.8 Å². The number of nitrogens with zero attached hydrogens (tertiary/aromatic N) is 1. The number of amides is 2. The highest BCUT2D eigenvalue weighted by Crippen LogP contribution is 2.07. The van der Waals surface area contributed by atoms with Gasteiger partial charge in [0, 0.05) is 19.1 Å². The molecule has 1 unspecified atom stereocenters. The summed E-state index contributed by atoms with van der Waals surface area (Å²) in [5, 5.41) is 11.5. The zero-order valence-electron chi connectivity index (χ0n) is 7.42. The lowest BCUT2D eigenvalue weighted by Crippen LogP contribution is -2.30. The molecule has 0 bridgehead atoms. The van der Waals surface area contributed by atoms with Gasteiger partial charge in [0.1, 0.15) is 0 Å². The van der Waals surface area contributed by atoms with Crippen LogP contribution in [0.15, 0.2) is 0 Å². The van der Waals surface area contributed by atoms with E-state index in [1.807, 2.05) is 0 Å². The Morgan fingerprint density at radius 1 is 1.75 bits per heavy atom. The molecule has 2 N–H and O–H groups in total. The van der Waals surface area contributed by atoms with Gasteiger partial charge in [0.05, 0.1) is 6.61 Å². The molecule has 0 aromatic rings. The Labute approximate surface area is 72.6 Å². The summed E-state index contributed by atoms with van der Waals surface area (Å²) in [6.45, 7) is 3.34. The topological polar surface area (TPSA) is 52.6 Å². The third-order valence-corrected chi connectivity index (χ3v) is 2.06.